The van der Waals surface area contributed by atoms with Crippen LogP contribution >= 0.6 is 0 Å². The SMILES string of the molecule is CCC(C)n1nc(-c2cnc(N)c(C(F)(F)F)c2)cc1C1[C@H]2CC(OCCOC)C[C@@H]12. The molecule has 0 amide bonds. The van der Waals surface area contributed by atoms with Gasteiger partial charge in [-0.1, -0.05) is 6.92 Å². The van der Waals surface area contributed by atoms with Crippen LogP contribution in [-0.2, 0) is 15.7 Å². The highest BCUT2D eigenvalue weighted by atomic mass is 19.4. The van der Waals surface area contributed by atoms with Crippen molar-refractivity contribution in [3.05, 3.63) is 29.6 Å². The number of rotatable bonds is 8. The summed E-state index contributed by atoms with van der Waals surface area (Å²) in [4.78, 5) is 3.77. The predicted molar refractivity (Wildman–Crippen MR) is 110 cm³/mol. The lowest BCUT2D eigenvalue weighted by molar-refractivity contribution is -0.137. The number of hydrogen-bond acceptors (Lipinski definition) is 5. The first-order valence-corrected chi connectivity index (χ1v) is 10.8. The van der Waals surface area contributed by atoms with Crippen LogP contribution in [0.4, 0.5) is 19.0 Å². The molecule has 0 spiro atoms. The Morgan fingerprint density at radius 1 is 1.23 bits per heavy atom. The van der Waals surface area contributed by atoms with Crippen molar-refractivity contribution in [2.75, 3.05) is 26.1 Å². The summed E-state index contributed by atoms with van der Waals surface area (Å²) in [6.07, 6.45) is -0.0432. The zero-order chi connectivity index (χ0) is 22.3. The van der Waals surface area contributed by atoms with Crippen molar-refractivity contribution >= 4 is 5.82 Å². The molecule has 2 fully saturated rings. The van der Waals surface area contributed by atoms with Gasteiger partial charge in [0.25, 0.3) is 0 Å². The van der Waals surface area contributed by atoms with Crippen LogP contribution in [0.25, 0.3) is 11.3 Å². The monoisotopic (exact) mass is 438 g/mol. The van der Waals surface area contributed by atoms with Gasteiger partial charge in [0.2, 0.25) is 0 Å². The Morgan fingerprint density at radius 3 is 2.55 bits per heavy atom. The minimum Gasteiger partial charge on any atom is -0.383 e. The summed E-state index contributed by atoms with van der Waals surface area (Å²) >= 11 is 0. The average molecular weight is 438 g/mol. The van der Waals surface area contributed by atoms with Gasteiger partial charge in [0.05, 0.1) is 30.6 Å². The first-order chi connectivity index (χ1) is 14.7. The fraction of sp³-hybridized carbons (Fsp3) is 0.636. The van der Waals surface area contributed by atoms with E-state index >= 15 is 0 Å². The largest absolute Gasteiger partial charge is 0.419 e. The second-order valence-corrected chi connectivity index (χ2v) is 8.62. The maximum absolute atomic E-state index is 13.3. The van der Waals surface area contributed by atoms with E-state index in [-0.39, 0.29) is 12.1 Å². The molecule has 2 aliphatic rings. The lowest BCUT2D eigenvalue weighted by Crippen LogP contribution is -2.16. The van der Waals surface area contributed by atoms with Gasteiger partial charge in [-0.15, -0.1) is 0 Å². The predicted octanol–water partition coefficient (Wildman–Crippen LogP) is 4.67. The third-order valence-electron chi connectivity index (χ3n) is 6.68. The van der Waals surface area contributed by atoms with Crippen molar-refractivity contribution in [1.29, 1.82) is 0 Å². The van der Waals surface area contributed by atoms with Crippen LogP contribution in [0.15, 0.2) is 18.3 Å². The van der Waals surface area contributed by atoms with Gasteiger partial charge in [0.1, 0.15) is 5.82 Å². The number of hydrogen-bond donors (Lipinski definition) is 1. The van der Waals surface area contributed by atoms with Gasteiger partial charge in [-0.05, 0) is 50.2 Å². The Bertz CT molecular complexity index is 918. The standard InChI is InChI=1S/C22H29F3N4O2/c1-4-12(2)29-19(20-15-8-14(9-16(15)20)31-6-5-30-3)10-18(28-29)13-7-17(22(23,24)25)21(26)27-11-13/h7,10-12,14-16,20H,4-6,8-9H2,1-3H3,(H2,26,27)/t12?,14?,15-,16+,20?. The van der Waals surface area contributed by atoms with Crippen molar-refractivity contribution in [3.8, 4) is 11.3 Å². The molecule has 0 aliphatic heterocycles. The number of ether oxygens (including phenoxy) is 2. The highest BCUT2D eigenvalue weighted by molar-refractivity contribution is 5.63. The van der Waals surface area contributed by atoms with Gasteiger partial charge >= 0.3 is 6.18 Å². The number of fused-ring (bicyclic) bond motifs is 1. The van der Waals surface area contributed by atoms with Crippen LogP contribution in [-0.4, -0.2) is 41.2 Å². The van der Waals surface area contributed by atoms with E-state index in [9.17, 15) is 13.2 Å². The lowest BCUT2D eigenvalue weighted by atomic mass is 10.0. The van der Waals surface area contributed by atoms with E-state index in [0.29, 0.717) is 42.2 Å². The summed E-state index contributed by atoms with van der Waals surface area (Å²) in [7, 11) is 1.66. The van der Waals surface area contributed by atoms with Crippen molar-refractivity contribution in [2.45, 2.75) is 57.3 Å². The molecule has 5 atom stereocenters. The van der Waals surface area contributed by atoms with E-state index < -0.39 is 17.6 Å². The molecule has 3 unspecified atom stereocenters. The Balaban J connectivity index is 1.58. The molecular weight excluding hydrogens is 409 g/mol. The summed E-state index contributed by atoms with van der Waals surface area (Å²) in [5, 5.41) is 4.69. The normalized spacial score (nSPS) is 26.1. The molecule has 9 heteroatoms. The summed E-state index contributed by atoms with van der Waals surface area (Å²) in [6, 6.07) is 3.13. The number of nitrogen functional groups attached to an aromatic ring is 1. The van der Waals surface area contributed by atoms with E-state index in [0.717, 1.165) is 31.0 Å². The first kappa shape index (κ1) is 22.1. The second kappa shape index (κ2) is 8.43. The molecule has 170 valence electrons. The molecule has 2 saturated carbocycles. The molecule has 0 radical (unpaired) electrons. The van der Waals surface area contributed by atoms with Gasteiger partial charge in [-0.2, -0.15) is 18.3 Å². The molecule has 2 N–H and O–H groups in total. The van der Waals surface area contributed by atoms with Crippen LogP contribution in [0.5, 0.6) is 0 Å². The van der Waals surface area contributed by atoms with Gasteiger partial charge in [0.15, 0.2) is 0 Å². The fourth-order valence-corrected chi connectivity index (χ4v) is 4.83. The Kier molecular flexibility index (Phi) is 6.00. The fourth-order valence-electron chi connectivity index (χ4n) is 4.83. The minimum atomic E-state index is -4.56. The molecule has 0 bridgehead atoms. The number of pyridine rings is 1. The number of anilines is 1. The third kappa shape index (κ3) is 4.30. The Labute approximate surface area is 179 Å². The maximum Gasteiger partial charge on any atom is 0.419 e. The molecule has 6 nitrogen and oxygen atoms in total. The van der Waals surface area contributed by atoms with E-state index in [1.165, 1.54) is 6.20 Å². The summed E-state index contributed by atoms with van der Waals surface area (Å²) in [5.41, 5.74) is 6.47. The molecule has 2 aromatic heterocycles. The topological polar surface area (TPSA) is 75.2 Å². The molecule has 2 heterocycles. The highest BCUT2D eigenvalue weighted by Crippen LogP contribution is 2.64. The molecule has 0 saturated heterocycles. The second-order valence-electron chi connectivity index (χ2n) is 8.62. The maximum atomic E-state index is 13.3. The minimum absolute atomic E-state index is 0.155. The molecule has 2 aromatic rings. The first-order valence-electron chi connectivity index (χ1n) is 10.8. The van der Waals surface area contributed by atoms with E-state index in [1.807, 2.05) is 10.7 Å². The van der Waals surface area contributed by atoms with Crippen molar-refractivity contribution in [3.63, 3.8) is 0 Å². The van der Waals surface area contributed by atoms with Crippen LogP contribution in [0, 0.1) is 11.8 Å². The number of halogens is 3. The smallest absolute Gasteiger partial charge is 0.383 e. The average Bonchev–Trinajstić information content (AvgIpc) is 3.08. The molecule has 4 rings (SSSR count). The van der Waals surface area contributed by atoms with Crippen molar-refractivity contribution in [2.24, 2.45) is 11.8 Å². The van der Waals surface area contributed by atoms with Crippen molar-refractivity contribution in [1.82, 2.24) is 14.8 Å². The number of nitrogens with zero attached hydrogens (tertiary/aromatic N) is 3. The van der Waals surface area contributed by atoms with Gasteiger partial charge in [-0.3, -0.25) is 4.68 Å². The van der Waals surface area contributed by atoms with Gasteiger partial charge in [0, 0.05) is 36.5 Å². The zero-order valence-electron chi connectivity index (χ0n) is 18.0. The van der Waals surface area contributed by atoms with Crippen molar-refractivity contribution < 1.29 is 22.6 Å². The van der Waals surface area contributed by atoms with E-state index in [1.54, 1.807) is 7.11 Å². The summed E-state index contributed by atoms with van der Waals surface area (Å²) < 4.78 is 52.8. The number of aromatic nitrogens is 3. The molecule has 0 aromatic carbocycles. The molecule has 2 aliphatic carbocycles. The number of methoxy groups -OCH3 is 1. The number of nitrogens with two attached hydrogens (primary N) is 1. The van der Waals surface area contributed by atoms with Crippen LogP contribution in [0.3, 0.4) is 0 Å². The van der Waals surface area contributed by atoms with Gasteiger partial charge < -0.3 is 15.2 Å². The lowest BCUT2D eigenvalue weighted by Gasteiger charge is -2.18. The highest BCUT2D eigenvalue weighted by Gasteiger charge is 2.58. The summed E-state index contributed by atoms with van der Waals surface area (Å²) in [6.45, 7) is 5.36. The molecular formula is C22H29F3N4O2. The number of alkyl halides is 3. The quantitative estimate of drug-likeness (QED) is 0.606. The Hall–Kier alpha value is -2.13. The zero-order valence-corrected chi connectivity index (χ0v) is 18.0. The van der Waals surface area contributed by atoms with E-state index in [2.05, 4.69) is 18.8 Å². The van der Waals surface area contributed by atoms with E-state index in [4.69, 9.17) is 20.3 Å². The van der Waals surface area contributed by atoms with Crippen LogP contribution < -0.4 is 5.73 Å². The molecule has 31 heavy (non-hydrogen) atoms. The third-order valence-corrected chi connectivity index (χ3v) is 6.68. The summed E-state index contributed by atoms with van der Waals surface area (Å²) in [5.74, 6) is 0.931. The van der Waals surface area contributed by atoms with Crippen LogP contribution in [0.2, 0.25) is 0 Å². The van der Waals surface area contributed by atoms with Gasteiger partial charge in [-0.25, -0.2) is 4.98 Å². The van der Waals surface area contributed by atoms with Crippen LogP contribution in [0.1, 0.15) is 56.3 Å². The Morgan fingerprint density at radius 2 is 1.94 bits per heavy atom.